The number of hydrogen-bond donors (Lipinski definition) is 1. The number of benzene rings is 1. The maximum Gasteiger partial charge on any atom is 0.235 e. The summed E-state index contributed by atoms with van der Waals surface area (Å²) in [6.07, 6.45) is 8.33. The van der Waals surface area contributed by atoms with Crippen molar-refractivity contribution in [3.63, 3.8) is 0 Å². The maximum absolute atomic E-state index is 14.3. The van der Waals surface area contributed by atoms with E-state index in [0.29, 0.717) is 41.0 Å². The molecule has 238 valence electrons. The van der Waals surface area contributed by atoms with Crippen LogP contribution in [0.25, 0.3) is 11.6 Å². The molecule has 1 aliphatic carbocycles. The van der Waals surface area contributed by atoms with Crippen molar-refractivity contribution in [3.8, 4) is 0 Å². The first kappa shape index (κ1) is 34.7. The van der Waals surface area contributed by atoms with Gasteiger partial charge in [0.15, 0.2) is 11.6 Å². The molecule has 0 amide bonds. The van der Waals surface area contributed by atoms with Crippen LogP contribution in [0.15, 0.2) is 34.7 Å². The second-order valence-corrected chi connectivity index (χ2v) is 13.1. The number of sulfonamides is 1. The largest absolute Gasteiger partial charge is 0.440 e. The van der Waals surface area contributed by atoms with Gasteiger partial charge >= 0.3 is 0 Å². The SMILES string of the molecule is CCCCc1c(NS(=O)(=O)CCCC)oc2c1=C(C(=O)c1ccccc1)C(=O)C(OC(CC)N(CCCC)CCCC)C=2. The van der Waals surface area contributed by atoms with Crippen molar-refractivity contribution in [2.75, 3.05) is 23.6 Å². The van der Waals surface area contributed by atoms with Crippen LogP contribution in [-0.2, 0) is 26.0 Å². The predicted octanol–water partition coefficient (Wildman–Crippen LogP) is 5.58. The van der Waals surface area contributed by atoms with Gasteiger partial charge in [-0.3, -0.25) is 19.2 Å². The molecule has 1 aromatic heterocycles. The van der Waals surface area contributed by atoms with E-state index in [1.54, 1.807) is 30.3 Å². The van der Waals surface area contributed by atoms with Crippen molar-refractivity contribution in [1.82, 2.24) is 4.90 Å². The van der Waals surface area contributed by atoms with E-state index in [0.717, 1.165) is 58.0 Å². The molecular formula is C34H50N2O6S. The van der Waals surface area contributed by atoms with E-state index in [-0.39, 0.29) is 23.4 Å². The van der Waals surface area contributed by atoms with Crippen LogP contribution >= 0.6 is 0 Å². The lowest BCUT2D eigenvalue weighted by atomic mass is 9.90. The average molecular weight is 615 g/mol. The summed E-state index contributed by atoms with van der Waals surface area (Å²) in [5, 5.41) is 0.377. The van der Waals surface area contributed by atoms with Gasteiger partial charge in [0, 0.05) is 29.4 Å². The zero-order valence-corrected chi connectivity index (χ0v) is 27.4. The number of rotatable bonds is 20. The molecular weight excluding hydrogens is 564 g/mol. The Labute approximate surface area is 257 Å². The van der Waals surface area contributed by atoms with E-state index < -0.39 is 27.7 Å². The minimum Gasteiger partial charge on any atom is -0.440 e. The van der Waals surface area contributed by atoms with E-state index in [1.807, 2.05) is 26.8 Å². The molecule has 0 saturated carbocycles. The first-order chi connectivity index (χ1) is 20.7. The van der Waals surface area contributed by atoms with Gasteiger partial charge in [0.2, 0.25) is 15.9 Å². The number of ether oxygens (including phenoxy) is 1. The summed E-state index contributed by atoms with van der Waals surface area (Å²) >= 11 is 0. The lowest BCUT2D eigenvalue weighted by Gasteiger charge is -2.33. The molecule has 2 atom stereocenters. The van der Waals surface area contributed by atoms with Gasteiger partial charge in [0.05, 0.1) is 11.3 Å². The molecule has 0 aliphatic heterocycles. The summed E-state index contributed by atoms with van der Waals surface area (Å²) in [7, 11) is -3.69. The minimum atomic E-state index is -3.69. The van der Waals surface area contributed by atoms with E-state index in [4.69, 9.17) is 9.15 Å². The molecule has 1 aromatic carbocycles. The van der Waals surface area contributed by atoms with Gasteiger partial charge in [-0.1, -0.05) is 90.6 Å². The molecule has 0 fully saturated rings. The van der Waals surface area contributed by atoms with E-state index in [2.05, 4.69) is 23.5 Å². The summed E-state index contributed by atoms with van der Waals surface area (Å²) in [6, 6.07) is 8.70. The number of anilines is 1. The zero-order valence-electron chi connectivity index (χ0n) is 26.6. The first-order valence-corrected chi connectivity index (χ1v) is 17.8. The number of ketones is 2. The summed E-state index contributed by atoms with van der Waals surface area (Å²) in [5.41, 5.74) is 1.21. The molecule has 1 N–H and O–H groups in total. The number of fused-ring (bicyclic) bond motifs is 1. The van der Waals surface area contributed by atoms with Gasteiger partial charge in [0.25, 0.3) is 0 Å². The summed E-state index contributed by atoms with van der Waals surface area (Å²) in [5.74, 6) is -0.810. The van der Waals surface area contributed by atoms with Gasteiger partial charge in [0.1, 0.15) is 17.7 Å². The highest BCUT2D eigenvalue weighted by Gasteiger charge is 2.36. The fourth-order valence-electron chi connectivity index (χ4n) is 5.35. The Kier molecular flexibility index (Phi) is 13.7. The van der Waals surface area contributed by atoms with Crippen molar-refractivity contribution < 1.29 is 27.2 Å². The number of nitrogens with zero attached hydrogens (tertiary/aromatic N) is 1. The molecule has 0 saturated heterocycles. The Bertz CT molecular complexity index is 1420. The predicted molar refractivity (Wildman–Crippen MR) is 173 cm³/mol. The topological polar surface area (TPSA) is 106 Å². The van der Waals surface area contributed by atoms with Crippen LogP contribution in [-0.4, -0.2) is 56.1 Å². The summed E-state index contributed by atoms with van der Waals surface area (Å²) in [4.78, 5) is 30.6. The van der Waals surface area contributed by atoms with Crippen LogP contribution in [0.3, 0.4) is 0 Å². The minimum absolute atomic E-state index is 0.00826. The third-order valence-electron chi connectivity index (χ3n) is 7.81. The molecule has 3 rings (SSSR count). The van der Waals surface area contributed by atoms with Crippen molar-refractivity contribution in [2.45, 2.75) is 111 Å². The molecule has 43 heavy (non-hydrogen) atoms. The molecule has 0 radical (unpaired) electrons. The van der Waals surface area contributed by atoms with Gasteiger partial charge in [-0.05, 0) is 44.6 Å². The molecule has 2 unspecified atom stereocenters. The number of carbonyl (C=O) groups excluding carboxylic acids is 2. The van der Waals surface area contributed by atoms with Crippen LogP contribution in [0.4, 0.5) is 5.88 Å². The Morgan fingerprint density at radius 2 is 1.58 bits per heavy atom. The Hall–Kier alpha value is -2.75. The lowest BCUT2D eigenvalue weighted by molar-refractivity contribution is -0.133. The van der Waals surface area contributed by atoms with Gasteiger partial charge in [-0.25, -0.2) is 8.42 Å². The van der Waals surface area contributed by atoms with Crippen molar-refractivity contribution in [2.24, 2.45) is 0 Å². The number of Topliss-reactive ketones (excluding diaryl/α,β-unsaturated/α-hetero) is 2. The summed E-state index contributed by atoms with van der Waals surface area (Å²) in [6.45, 7) is 12.0. The van der Waals surface area contributed by atoms with Crippen LogP contribution in [0.2, 0.25) is 0 Å². The number of carbonyl (C=O) groups is 2. The Balaban J connectivity index is 2.19. The number of nitrogens with one attached hydrogen (secondary N) is 1. The van der Waals surface area contributed by atoms with Crippen molar-refractivity contribution in [3.05, 3.63) is 52.1 Å². The molecule has 1 aliphatic rings. The van der Waals surface area contributed by atoms with Crippen LogP contribution in [0.5, 0.6) is 0 Å². The highest BCUT2D eigenvalue weighted by Crippen LogP contribution is 2.23. The molecule has 2 aromatic rings. The quantitative estimate of drug-likeness (QED) is 0.153. The first-order valence-electron chi connectivity index (χ1n) is 16.1. The van der Waals surface area contributed by atoms with Gasteiger partial charge < -0.3 is 9.15 Å². The standard InChI is InChI=1S/C34H50N2O6S/c1-6-11-20-26-30-27(42-34(26)35-43(39,40)23-14-9-4)24-28(33(38)31(30)32(37)25-18-16-15-17-19-25)41-29(10-5)36(21-12-7-2)22-13-8-3/h15-19,24,28-29,35H,6-14,20-23H2,1-5H3. The molecule has 8 nitrogen and oxygen atoms in total. The molecule has 1 heterocycles. The van der Waals surface area contributed by atoms with Crippen LogP contribution in [0.1, 0.15) is 108 Å². The van der Waals surface area contributed by atoms with Crippen molar-refractivity contribution in [1.29, 1.82) is 0 Å². The Morgan fingerprint density at radius 3 is 2.16 bits per heavy atom. The third kappa shape index (κ3) is 9.13. The van der Waals surface area contributed by atoms with Crippen molar-refractivity contribution >= 4 is 39.1 Å². The fourth-order valence-corrected chi connectivity index (χ4v) is 6.57. The highest BCUT2D eigenvalue weighted by atomic mass is 32.2. The highest BCUT2D eigenvalue weighted by molar-refractivity contribution is 7.92. The maximum atomic E-state index is 14.3. The van der Waals surface area contributed by atoms with E-state index in [1.165, 1.54) is 0 Å². The zero-order chi connectivity index (χ0) is 31.4. The second-order valence-electron chi connectivity index (χ2n) is 11.3. The van der Waals surface area contributed by atoms with Crippen LogP contribution < -0.4 is 15.4 Å². The smallest absolute Gasteiger partial charge is 0.235 e. The van der Waals surface area contributed by atoms with Crippen LogP contribution in [0, 0.1) is 0 Å². The average Bonchev–Trinajstić information content (AvgIpc) is 3.33. The molecule has 0 spiro atoms. The number of hydrogen-bond acceptors (Lipinski definition) is 7. The van der Waals surface area contributed by atoms with Gasteiger partial charge in [-0.2, -0.15) is 0 Å². The fraction of sp³-hybridized carbons (Fsp3) is 0.588. The Morgan fingerprint density at radius 1 is 0.953 bits per heavy atom. The summed E-state index contributed by atoms with van der Waals surface area (Å²) < 4.78 is 41.2. The molecule has 0 bridgehead atoms. The third-order valence-corrected chi connectivity index (χ3v) is 9.13. The second kappa shape index (κ2) is 16.9. The van der Waals surface area contributed by atoms with E-state index in [9.17, 15) is 18.0 Å². The number of furan rings is 1. The number of unbranched alkanes of at least 4 members (excludes halogenated alkanes) is 4. The van der Waals surface area contributed by atoms with E-state index >= 15 is 0 Å². The van der Waals surface area contributed by atoms with Gasteiger partial charge in [-0.15, -0.1) is 0 Å². The lowest BCUT2D eigenvalue weighted by Crippen LogP contribution is -2.47. The monoisotopic (exact) mass is 614 g/mol. The normalized spacial score (nSPS) is 15.8. The molecule has 9 heteroatoms.